The second-order valence-electron chi connectivity index (χ2n) is 11.3. The van der Waals surface area contributed by atoms with E-state index in [2.05, 4.69) is 69.0 Å². The lowest BCUT2D eigenvalue weighted by atomic mass is 10.1. The van der Waals surface area contributed by atoms with Gasteiger partial charge in [-0.05, 0) is 82.6 Å². The van der Waals surface area contributed by atoms with Gasteiger partial charge < -0.3 is 15.3 Å². The van der Waals surface area contributed by atoms with E-state index in [9.17, 15) is 5.11 Å². The number of likely N-dealkylation sites (N-methyl/N-ethyl adjacent to an activating group) is 1. The van der Waals surface area contributed by atoms with Gasteiger partial charge in [0.25, 0.3) is 0 Å². The van der Waals surface area contributed by atoms with Crippen molar-refractivity contribution < 1.29 is 5.11 Å². The molecular weight excluding hydrogens is 474 g/mol. The minimum Gasteiger partial charge on any atom is -0.384 e. The highest BCUT2D eigenvalue weighted by molar-refractivity contribution is 5.80. The van der Waals surface area contributed by atoms with Crippen LogP contribution < -0.4 is 10.2 Å². The molecule has 2 fully saturated rings. The van der Waals surface area contributed by atoms with Gasteiger partial charge in [0, 0.05) is 53.8 Å². The van der Waals surface area contributed by atoms with Gasteiger partial charge in [-0.1, -0.05) is 19.4 Å². The summed E-state index contributed by atoms with van der Waals surface area (Å²) >= 11 is 0. The monoisotopic (exact) mass is 511 g/mol. The predicted octanol–water partition coefficient (Wildman–Crippen LogP) is 5.02. The summed E-state index contributed by atoms with van der Waals surface area (Å²) in [5, 5.41) is 14.9. The van der Waals surface area contributed by atoms with Gasteiger partial charge in [0.15, 0.2) is 5.65 Å². The number of nitrogens with zero attached hydrogens (tertiary/aromatic N) is 6. The minimum atomic E-state index is -1.03. The number of hydrogen-bond acceptors (Lipinski definition) is 7. The summed E-state index contributed by atoms with van der Waals surface area (Å²) in [5.74, 6) is 1.29. The number of fused-ring (bicyclic) bond motifs is 3. The van der Waals surface area contributed by atoms with Crippen LogP contribution in [0.1, 0.15) is 51.4 Å². The van der Waals surface area contributed by atoms with Gasteiger partial charge in [-0.25, -0.2) is 9.97 Å². The van der Waals surface area contributed by atoms with E-state index in [1.54, 1.807) is 13.8 Å². The Labute approximate surface area is 224 Å². The van der Waals surface area contributed by atoms with Crippen LogP contribution in [0.25, 0.3) is 16.9 Å². The van der Waals surface area contributed by atoms with Gasteiger partial charge >= 0.3 is 0 Å². The second-order valence-corrected chi connectivity index (χ2v) is 11.3. The third-order valence-corrected chi connectivity index (χ3v) is 8.05. The number of benzene rings is 1. The second kappa shape index (κ2) is 9.67. The molecule has 2 unspecified atom stereocenters. The van der Waals surface area contributed by atoms with Crippen molar-refractivity contribution in [1.82, 2.24) is 24.4 Å². The van der Waals surface area contributed by atoms with E-state index < -0.39 is 5.60 Å². The number of aromatic nitrogens is 4. The van der Waals surface area contributed by atoms with Crippen molar-refractivity contribution in [1.29, 1.82) is 0 Å². The average Bonchev–Trinajstić information content (AvgIpc) is 3.33. The lowest BCUT2D eigenvalue weighted by Gasteiger charge is -2.40. The van der Waals surface area contributed by atoms with Crippen LogP contribution in [0.15, 0.2) is 54.7 Å². The largest absolute Gasteiger partial charge is 0.384 e. The molecule has 0 amide bonds. The fourth-order valence-electron chi connectivity index (χ4n) is 5.90. The zero-order valence-corrected chi connectivity index (χ0v) is 22.7. The van der Waals surface area contributed by atoms with Gasteiger partial charge in [0.1, 0.15) is 11.4 Å². The molecular formula is C30H37N7O. The molecule has 4 aromatic rings. The van der Waals surface area contributed by atoms with E-state index in [0.29, 0.717) is 23.7 Å². The van der Waals surface area contributed by atoms with Crippen LogP contribution in [-0.4, -0.2) is 61.7 Å². The maximum absolute atomic E-state index is 10.5. The van der Waals surface area contributed by atoms with Crippen molar-refractivity contribution in [3.05, 3.63) is 66.1 Å². The smallest absolute Gasteiger partial charge is 0.229 e. The molecule has 1 aromatic carbocycles. The third kappa shape index (κ3) is 4.63. The number of aliphatic hydroxyl groups is 1. The Balaban J connectivity index is 1.28. The van der Waals surface area contributed by atoms with E-state index in [-0.39, 0.29) is 0 Å². The number of pyridine rings is 1. The number of piperazine rings is 1. The molecule has 2 aliphatic heterocycles. The van der Waals surface area contributed by atoms with Crippen LogP contribution in [0.3, 0.4) is 0 Å². The summed E-state index contributed by atoms with van der Waals surface area (Å²) in [6.07, 6.45) is 6.37. The molecule has 3 aromatic heterocycles. The Hall–Kier alpha value is -3.49. The van der Waals surface area contributed by atoms with E-state index in [1.807, 2.05) is 24.4 Å². The van der Waals surface area contributed by atoms with E-state index in [1.165, 1.54) is 18.5 Å². The van der Waals surface area contributed by atoms with Crippen LogP contribution in [0.4, 0.5) is 17.3 Å². The molecule has 0 spiro atoms. The van der Waals surface area contributed by atoms with Gasteiger partial charge in [-0.3, -0.25) is 9.47 Å². The Bertz CT molecular complexity index is 1430. The molecule has 2 saturated heterocycles. The number of anilines is 3. The fourth-order valence-corrected chi connectivity index (χ4v) is 5.90. The van der Waals surface area contributed by atoms with Crippen molar-refractivity contribution >= 4 is 28.4 Å². The van der Waals surface area contributed by atoms with Crippen LogP contribution >= 0.6 is 0 Å². The first kappa shape index (κ1) is 24.8. The summed E-state index contributed by atoms with van der Waals surface area (Å²) in [7, 11) is 2.27. The summed E-state index contributed by atoms with van der Waals surface area (Å²) < 4.78 is 2.09. The van der Waals surface area contributed by atoms with Crippen molar-refractivity contribution in [2.45, 2.75) is 64.1 Å². The van der Waals surface area contributed by atoms with Crippen LogP contribution in [0.2, 0.25) is 0 Å². The SMILES string of the molecule is CCCc1cc2cnc(Nc3ccc(N4CC5CCC(C4)N5C)cc3)nc2n1-c1cccc(C(C)(C)O)n1. The number of hydrogen-bond donors (Lipinski definition) is 2. The molecule has 38 heavy (non-hydrogen) atoms. The fraction of sp³-hybridized carbons (Fsp3) is 0.433. The molecule has 0 aliphatic carbocycles. The zero-order valence-electron chi connectivity index (χ0n) is 22.7. The van der Waals surface area contributed by atoms with Crippen molar-refractivity contribution in [3.63, 3.8) is 0 Å². The maximum Gasteiger partial charge on any atom is 0.229 e. The lowest BCUT2D eigenvalue weighted by Crippen LogP contribution is -2.51. The molecule has 2 atom stereocenters. The number of rotatable bonds is 7. The molecule has 0 radical (unpaired) electrons. The molecule has 2 aliphatic rings. The highest BCUT2D eigenvalue weighted by Crippen LogP contribution is 2.32. The molecule has 2 bridgehead atoms. The van der Waals surface area contributed by atoms with Gasteiger partial charge in [0.05, 0.1) is 5.69 Å². The molecule has 2 N–H and O–H groups in total. The average molecular weight is 512 g/mol. The molecule has 8 nitrogen and oxygen atoms in total. The first-order chi connectivity index (χ1) is 18.3. The molecule has 5 heterocycles. The first-order valence-corrected chi connectivity index (χ1v) is 13.7. The van der Waals surface area contributed by atoms with E-state index >= 15 is 0 Å². The quantitative estimate of drug-likeness (QED) is 0.360. The Morgan fingerprint density at radius 3 is 2.45 bits per heavy atom. The van der Waals surface area contributed by atoms with Gasteiger partial charge in [-0.2, -0.15) is 4.98 Å². The Morgan fingerprint density at radius 2 is 1.76 bits per heavy atom. The predicted molar refractivity (Wildman–Crippen MR) is 152 cm³/mol. The topological polar surface area (TPSA) is 82.3 Å². The van der Waals surface area contributed by atoms with Crippen LogP contribution in [0.5, 0.6) is 0 Å². The normalized spacial score (nSPS) is 19.9. The first-order valence-electron chi connectivity index (χ1n) is 13.7. The summed E-state index contributed by atoms with van der Waals surface area (Å²) in [4.78, 5) is 19.4. The van der Waals surface area contributed by atoms with E-state index in [0.717, 1.165) is 54.2 Å². The number of nitrogens with one attached hydrogen (secondary N) is 1. The third-order valence-electron chi connectivity index (χ3n) is 8.05. The van der Waals surface area contributed by atoms with E-state index in [4.69, 9.17) is 9.97 Å². The van der Waals surface area contributed by atoms with Crippen molar-refractivity contribution in [2.75, 3.05) is 30.4 Å². The molecule has 8 heteroatoms. The molecule has 0 saturated carbocycles. The van der Waals surface area contributed by atoms with Crippen molar-refractivity contribution in [3.8, 4) is 5.82 Å². The molecule has 198 valence electrons. The lowest BCUT2D eigenvalue weighted by molar-refractivity contribution is 0.0738. The summed E-state index contributed by atoms with van der Waals surface area (Å²) in [6, 6.07) is 17.8. The highest BCUT2D eigenvalue weighted by Gasteiger charge is 2.37. The van der Waals surface area contributed by atoms with Crippen molar-refractivity contribution in [2.24, 2.45) is 0 Å². The Kier molecular flexibility index (Phi) is 6.32. The van der Waals surface area contributed by atoms with Gasteiger partial charge in [0.2, 0.25) is 5.95 Å². The molecule has 6 rings (SSSR count). The summed E-state index contributed by atoms with van der Waals surface area (Å²) in [5.41, 5.74) is 3.75. The standard InChI is InChI=1S/C30H37N7O/c1-5-7-23-16-20-17-31-29(34-28(20)37(23)27-9-6-8-26(33-27)30(2,3)38)32-21-10-12-22(13-11-21)36-18-24-14-15-25(19-36)35(24)4/h6,8-13,16-17,24-25,38H,5,7,14-15,18-19H2,1-4H3,(H,31,32,34). The number of aryl methyl sites for hydroxylation is 1. The highest BCUT2D eigenvalue weighted by atomic mass is 16.3. The Morgan fingerprint density at radius 1 is 1.03 bits per heavy atom. The van der Waals surface area contributed by atoms with Crippen LogP contribution in [0, 0.1) is 0 Å². The zero-order chi connectivity index (χ0) is 26.4. The minimum absolute atomic E-state index is 0.545. The van der Waals surface area contributed by atoms with Gasteiger partial charge in [-0.15, -0.1) is 0 Å². The van der Waals surface area contributed by atoms with Crippen LogP contribution in [-0.2, 0) is 12.0 Å². The maximum atomic E-state index is 10.5. The summed E-state index contributed by atoms with van der Waals surface area (Å²) in [6.45, 7) is 7.86.